The third-order valence-corrected chi connectivity index (χ3v) is 2.28. The van der Waals surface area contributed by atoms with Gasteiger partial charge in [-0.1, -0.05) is 0 Å². The fourth-order valence-corrected chi connectivity index (χ4v) is 1.52. The van der Waals surface area contributed by atoms with Gasteiger partial charge in [0.05, 0.1) is 7.11 Å². The zero-order chi connectivity index (χ0) is 10.1. The van der Waals surface area contributed by atoms with Gasteiger partial charge < -0.3 is 4.74 Å². The Bertz CT molecular complexity index is 418. The molecule has 0 aliphatic carbocycles. The maximum Gasteiger partial charge on any atom is 0.298 e. The lowest BCUT2D eigenvalue weighted by molar-refractivity contribution is 0.395. The molecule has 7 heteroatoms. The number of ether oxygens (including phenoxy) is 1. The lowest BCUT2D eigenvalue weighted by atomic mass is 10.3. The summed E-state index contributed by atoms with van der Waals surface area (Å²) in [4.78, 5) is -0.574. The predicted molar refractivity (Wildman–Crippen MR) is 50.0 cm³/mol. The fourth-order valence-electron chi connectivity index (χ4n) is 0.852. The minimum atomic E-state index is -4.43. The molecule has 0 unspecified atom stereocenters. The molecule has 1 rings (SSSR count). The Morgan fingerprint density at radius 1 is 1.43 bits per heavy atom. The number of hydrogen-bond acceptors (Lipinski definition) is 3. The van der Waals surface area contributed by atoms with Crippen LogP contribution in [0.2, 0.25) is 0 Å². The molecule has 4 nitrogen and oxygen atoms in total. The Balaban J connectivity index is 0.00000169. The van der Waals surface area contributed by atoms with Gasteiger partial charge in [-0.15, -0.1) is 12.4 Å². The summed E-state index contributed by atoms with van der Waals surface area (Å²) in [6.45, 7) is 0. The summed E-state index contributed by atoms with van der Waals surface area (Å²) in [6.07, 6.45) is 0. The zero-order valence-corrected chi connectivity index (χ0v) is 8.73. The zero-order valence-electron chi connectivity index (χ0n) is 7.10. The molecule has 0 aromatic heterocycles. The second-order valence-electron chi connectivity index (χ2n) is 2.27. The number of benzene rings is 1. The van der Waals surface area contributed by atoms with E-state index in [4.69, 9.17) is 4.55 Å². The molecular formula is C7H8ClFO4S. The maximum atomic E-state index is 12.6. The fraction of sp³-hybridized carbons (Fsp3) is 0.143. The van der Waals surface area contributed by atoms with Gasteiger partial charge in [0.1, 0.15) is 16.5 Å². The van der Waals surface area contributed by atoms with Crippen molar-refractivity contribution in [2.24, 2.45) is 0 Å². The Kier molecular flexibility index (Phi) is 4.31. The molecule has 1 aromatic rings. The van der Waals surface area contributed by atoms with Crippen molar-refractivity contribution in [3.05, 3.63) is 24.0 Å². The van der Waals surface area contributed by atoms with Crippen LogP contribution in [-0.4, -0.2) is 20.1 Å². The Hall–Kier alpha value is -0.850. The van der Waals surface area contributed by atoms with Crippen LogP contribution in [0.4, 0.5) is 4.39 Å². The smallest absolute Gasteiger partial charge is 0.298 e. The monoisotopic (exact) mass is 242 g/mol. The molecule has 0 saturated heterocycles. The maximum absolute atomic E-state index is 12.6. The van der Waals surface area contributed by atoms with Crippen molar-refractivity contribution in [1.82, 2.24) is 0 Å². The summed E-state index contributed by atoms with van der Waals surface area (Å²) in [5.41, 5.74) is 0. The van der Waals surface area contributed by atoms with Crippen molar-refractivity contribution in [2.75, 3.05) is 7.11 Å². The van der Waals surface area contributed by atoms with E-state index in [0.29, 0.717) is 6.07 Å². The first-order valence-corrected chi connectivity index (χ1v) is 4.70. The molecule has 0 atom stereocenters. The van der Waals surface area contributed by atoms with Gasteiger partial charge in [-0.3, -0.25) is 4.55 Å². The standard InChI is InChI=1S/C7H7FO4S.ClH/c1-12-6-3-2-5(8)4-7(6)13(9,10)11;/h2-4H,1H3,(H,9,10,11);1H. The summed E-state index contributed by atoms with van der Waals surface area (Å²) >= 11 is 0. The second kappa shape index (κ2) is 4.59. The molecule has 0 spiro atoms. The van der Waals surface area contributed by atoms with Crippen LogP contribution in [-0.2, 0) is 10.1 Å². The lowest BCUT2D eigenvalue weighted by Crippen LogP contribution is -2.01. The number of methoxy groups -OCH3 is 1. The van der Waals surface area contributed by atoms with E-state index >= 15 is 0 Å². The highest BCUT2D eigenvalue weighted by Gasteiger charge is 2.16. The highest BCUT2D eigenvalue weighted by molar-refractivity contribution is 7.86. The number of halogens is 2. The summed E-state index contributed by atoms with van der Waals surface area (Å²) < 4.78 is 47.2. The van der Waals surface area contributed by atoms with Gasteiger partial charge in [0, 0.05) is 0 Å². The molecule has 0 aliphatic rings. The quantitative estimate of drug-likeness (QED) is 0.799. The summed E-state index contributed by atoms with van der Waals surface area (Å²) in [6, 6.07) is 2.85. The molecule has 14 heavy (non-hydrogen) atoms. The molecule has 1 N–H and O–H groups in total. The van der Waals surface area contributed by atoms with Crippen LogP contribution in [0, 0.1) is 5.82 Å². The van der Waals surface area contributed by atoms with Gasteiger partial charge in [-0.25, -0.2) is 4.39 Å². The summed E-state index contributed by atoms with van der Waals surface area (Å²) in [5, 5.41) is 0. The van der Waals surface area contributed by atoms with Crippen molar-refractivity contribution >= 4 is 22.5 Å². The average molecular weight is 243 g/mol. The van der Waals surface area contributed by atoms with Crippen molar-refractivity contribution < 1.29 is 22.1 Å². The van der Waals surface area contributed by atoms with Gasteiger partial charge in [0.2, 0.25) is 0 Å². The van der Waals surface area contributed by atoms with E-state index in [2.05, 4.69) is 4.74 Å². The molecule has 0 bridgehead atoms. The van der Waals surface area contributed by atoms with Crippen LogP contribution >= 0.6 is 12.4 Å². The van der Waals surface area contributed by atoms with Gasteiger partial charge in [0.15, 0.2) is 0 Å². The Morgan fingerprint density at radius 3 is 2.43 bits per heavy atom. The van der Waals surface area contributed by atoms with Crippen LogP contribution in [0.25, 0.3) is 0 Å². The van der Waals surface area contributed by atoms with Gasteiger partial charge in [0.25, 0.3) is 10.1 Å². The van der Waals surface area contributed by atoms with Gasteiger partial charge in [-0.2, -0.15) is 8.42 Å². The molecule has 0 radical (unpaired) electrons. The van der Waals surface area contributed by atoms with E-state index in [1.54, 1.807) is 0 Å². The molecular weight excluding hydrogens is 235 g/mol. The van der Waals surface area contributed by atoms with E-state index in [-0.39, 0.29) is 18.2 Å². The van der Waals surface area contributed by atoms with Crippen LogP contribution in [0.1, 0.15) is 0 Å². The summed E-state index contributed by atoms with van der Waals surface area (Å²) in [7, 11) is -3.21. The molecule has 0 aliphatic heterocycles. The third kappa shape index (κ3) is 2.83. The first-order valence-electron chi connectivity index (χ1n) is 3.26. The van der Waals surface area contributed by atoms with Crippen LogP contribution in [0.15, 0.2) is 23.1 Å². The van der Waals surface area contributed by atoms with Crippen LogP contribution < -0.4 is 4.74 Å². The predicted octanol–water partition coefficient (Wildman–Crippen LogP) is 1.50. The normalized spacial score (nSPS) is 10.5. The molecule has 0 fully saturated rings. The molecule has 1 aromatic carbocycles. The van der Waals surface area contributed by atoms with Gasteiger partial charge in [-0.05, 0) is 18.2 Å². The van der Waals surface area contributed by atoms with E-state index in [0.717, 1.165) is 12.1 Å². The highest BCUT2D eigenvalue weighted by atomic mass is 35.5. The van der Waals surface area contributed by atoms with Crippen molar-refractivity contribution in [3.8, 4) is 5.75 Å². The van der Waals surface area contributed by atoms with Crippen LogP contribution in [0.3, 0.4) is 0 Å². The van der Waals surface area contributed by atoms with Crippen LogP contribution in [0.5, 0.6) is 5.75 Å². The first kappa shape index (κ1) is 13.2. The van der Waals surface area contributed by atoms with E-state index in [9.17, 15) is 12.8 Å². The number of hydrogen-bond donors (Lipinski definition) is 1. The molecule has 0 saturated carbocycles. The average Bonchev–Trinajstić information content (AvgIpc) is 2.03. The SMILES string of the molecule is COc1ccc(F)cc1S(=O)(=O)O.Cl. The second-order valence-corrected chi connectivity index (χ2v) is 3.66. The van der Waals surface area contributed by atoms with Crippen molar-refractivity contribution in [1.29, 1.82) is 0 Å². The van der Waals surface area contributed by atoms with E-state index < -0.39 is 20.8 Å². The Labute approximate surface area is 86.9 Å². The highest BCUT2D eigenvalue weighted by Crippen LogP contribution is 2.23. The number of rotatable bonds is 2. The molecule has 0 amide bonds. The third-order valence-electron chi connectivity index (χ3n) is 1.40. The topological polar surface area (TPSA) is 63.6 Å². The molecule has 0 heterocycles. The van der Waals surface area contributed by atoms with E-state index in [1.807, 2.05) is 0 Å². The van der Waals surface area contributed by atoms with Crippen molar-refractivity contribution in [2.45, 2.75) is 4.90 Å². The van der Waals surface area contributed by atoms with Crippen molar-refractivity contribution in [3.63, 3.8) is 0 Å². The molecule has 80 valence electrons. The lowest BCUT2D eigenvalue weighted by Gasteiger charge is -2.04. The minimum Gasteiger partial charge on any atom is -0.495 e. The largest absolute Gasteiger partial charge is 0.495 e. The summed E-state index contributed by atoms with van der Waals surface area (Å²) in [5.74, 6) is -0.850. The first-order chi connectivity index (χ1) is 5.95. The minimum absolute atomic E-state index is 0. The van der Waals surface area contributed by atoms with Gasteiger partial charge >= 0.3 is 0 Å². The van der Waals surface area contributed by atoms with E-state index in [1.165, 1.54) is 7.11 Å². The Morgan fingerprint density at radius 2 is 2.00 bits per heavy atom.